The van der Waals surface area contributed by atoms with E-state index in [1.54, 1.807) is 0 Å². The Morgan fingerprint density at radius 2 is 1.88 bits per heavy atom. The van der Waals surface area contributed by atoms with Crippen molar-refractivity contribution in [3.63, 3.8) is 0 Å². The molecular weight excluding hydrogens is 444 g/mol. The molecule has 4 aromatic rings. The van der Waals surface area contributed by atoms with Crippen molar-refractivity contribution >= 4 is 45.7 Å². The highest BCUT2D eigenvalue weighted by atomic mass is 35.5. The van der Waals surface area contributed by atoms with Gasteiger partial charge in [0.1, 0.15) is 11.6 Å². The minimum Gasteiger partial charge on any atom is -0.352 e. The number of aromatic nitrogens is 4. The number of piperazine rings is 1. The zero-order valence-corrected chi connectivity index (χ0v) is 19.5. The summed E-state index contributed by atoms with van der Waals surface area (Å²) in [6, 6.07) is 11.4. The predicted octanol–water partition coefficient (Wildman–Crippen LogP) is 4.36. The molecule has 9 heteroatoms. The molecule has 5 rings (SSSR count). The van der Waals surface area contributed by atoms with E-state index in [-0.39, 0.29) is 5.91 Å². The molecule has 0 spiro atoms. The van der Waals surface area contributed by atoms with Crippen molar-refractivity contribution in [1.29, 1.82) is 0 Å². The Morgan fingerprint density at radius 1 is 1.09 bits per heavy atom. The lowest BCUT2D eigenvalue weighted by Crippen LogP contribution is -2.49. The third-order valence-electron chi connectivity index (χ3n) is 5.72. The van der Waals surface area contributed by atoms with Crippen LogP contribution in [0.15, 0.2) is 41.8 Å². The average Bonchev–Trinajstić information content (AvgIpc) is 3.47. The van der Waals surface area contributed by atoms with Crippen molar-refractivity contribution in [3.8, 4) is 5.69 Å². The standard InChI is InChI=1S/C23H23ClN6OS/c1-3-19-25-21(28-10-12-29(13-11-28)23(31)18-9-6-14-32-18)20-15(2)27-30(22(20)26-19)17-8-5-4-7-16(17)24/h4-9,14H,3,10-13H2,1-2H3. The Morgan fingerprint density at radius 3 is 2.56 bits per heavy atom. The maximum absolute atomic E-state index is 12.7. The molecule has 0 N–H and O–H groups in total. The van der Waals surface area contributed by atoms with Crippen molar-refractivity contribution in [1.82, 2.24) is 24.6 Å². The minimum absolute atomic E-state index is 0.101. The molecule has 3 aromatic heterocycles. The van der Waals surface area contributed by atoms with E-state index in [1.807, 2.05) is 65.2 Å². The van der Waals surface area contributed by atoms with Crippen molar-refractivity contribution in [2.24, 2.45) is 0 Å². The largest absolute Gasteiger partial charge is 0.352 e. The number of nitrogens with zero attached hydrogens (tertiary/aromatic N) is 6. The molecule has 1 saturated heterocycles. The van der Waals surface area contributed by atoms with Gasteiger partial charge in [0.25, 0.3) is 5.91 Å². The molecule has 0 aliphatic carbocycles. The molecule has 1 amide bonds. The highest BCUT2D eigenvalue weighted by Gasteiger charge is 2.27. The summed E-state index contributed by atoms with van der Waals surface area (Å²) in [4.78, 5) is 27.4. The Hall–Kier alpha value is -2.97. The third-order valence-corrected chi connectivity index (χ3v) is 6.90. The quantitative estimate of drug-likeness (QED) is 0.447. The molecule has 0 radical (unpaired) electrons. The monoisotopic (exact) mass is 466 g/mol. The fourth-order valence-corrected chi connectivity index (χ4v) is 4.97. The maximum atomic E-state index is 12.7. The zero-order valence-electron chi connectivity index (χ0n) is 18.0. The van der Waals surface area contributed by atoms with E-state index in [0.717, 1.165) is 38.9 Å². The third kappa shape index (κ3) is 3.63. The summed E-state index contributed by atoms with van der Waals surface area (Å²) in [6.07, 6.45) is 0.715. The van der Waals surface area contributed by atoms with Crippen LogP contribution in [0.2, 0.25) is 5.02 Å². The molecule has 1 aromatic carbocycles. The van der Waals surface area contributed by atoms with E-state index in [1.165, 1.54) is 11.3 Å². The molecular formula is C23H23ClN6OS. The smallest absolute Gasteiger partial charge is 0.264 e. The Balaban J connectivity index is 1.51. The molecule has 0 atom stereocenters. The molecule has 0 bridgehead atoms. The van der Waals surface area contributed by atoms with E-state index < -0.39 is 0 Å². The summed E-state index contributed by atoms with van der Waals surface area (Å²) in [7, 11) is 0. The van der Waals surface area contributed by atoms with Crippen LogP contribution in [0, 0.1) is 6.92 Å². The minimum atomic E-state index is 0.101. The summed E-state index contributed by atoms with van der Waals surface area (Å²) in [5, 5.41) is 8.26. The lowest BCUT2D eigenvalue weighted by Gasteiger charge is -2.35. The number of amides is 1. The number of para-hydroxylation sites is 1. The van der Waals surface area contributed by atoms with Gasteiger partial charge in [-0.1, -0.05) is 36.7 Å². The number of benzene rings is 1. The highest BCUT2D eigenvalue weighted by molar-refractivity contribution is 7.12. The van der Waals surface area contributed by atoms with Gasteiger partial charge in [0.2, 0.25) is 0 Å². The van der Waals surface area contributed by atoms with Gasteiger partial charge in [-0.3, -0.25) is 4.79 Å². The molecule has 164 valence electrons. The van der Waals surface area contributed by atoms with Crippen LogP contribution in [0.3, 0.4) is 0 Å². The number of aryl methyl sites for hydroxylation is 2. The number of carbonyl (C=O) groups is 1. The van der Waals surface area contributed by atoms with E-state index in [0.29, 0.717) is 37.6 Å². The van der Waals surface area contributed by atoms with Gasteiger partial charge in [0.15, 0.2) is 5.65 Å². The predicted molar refractivity (Wildman–Crippen MR) is 128 cm³/mol. The van der Waals surface area contributed by atoms with E-state index in [2.05, 4.69) is 4.90 Å². The van der Waals surface area contributed by atoms with Gasteiger partial charge < -0.3 is 9.80 Å². The van der Waals surface area contributed by atoms with Gasteiger partial charge in [-0.15, -0.1) is 11.3 Å². The van der Waals surface area contributed by atoms with Crippen molar-refractivity contribution in [2.45, 2.75) is 20.3 Å². The molecule has 0 saturated carbocycles. The zero-order chi connectivity index (χ0) is 22.2. The lowest BCUT2D eigenvalue weighted by molar-refractivity contribution is 0.0751. The fraction of sp³-hybridized carbons (Fsp3) is 0.304. The van der Waals surface area contributed by atoms with Crippen LogP contribution in [-0.4, -0.2) is 56.7 Å². The number of carbonyl (C=O) groups excluding carboxylic acids is 1. The summed E-state index contributed by atoms with van der Waals surface area (Å²) < 4.78 is 1.81. The first-order valence-electron chi connectivity index (χ1n) is 10.7. The average molecular weight is 467 g/mol. The molecule has 1 aliphatic rings. The molecule has 4 heterocycles. The van der Waals surface area contributed by atoms with Gasteiger partial charge in [-0.25, -0.2) is 14.6 Å². The number of anilines is 1. The lowest BCUT2D eigenvalue weighted by atomic mass is 10.2. The second-order valence-electron chi connectivity index (χ2n) is 7.72. The summed E-state index contributed by atoms with van der Waals surface area (Å²) in [5.41, 5.74) is 2.41. The van der Waals surface area contributed by atoms with Crippen LogP contribution in [-0.2, 0) is 6.42 Å². The van der Waals surface area contributed by atoms with Crippen LogP contribution in [0.5, 0.6) is 0 Å². The van der Waals surface area contributed by atoms with Gasteiger partial charge >= 0.3 is 0 Å². The van der Waals surface area contributed by atoms with Gasteiger partial charge in [-0.05, 0) is 30.5 Å². The SMILES string of the molecule is CCc1nc(N2CCN(C(=O)c3cccs3)CC2)c2c(C)nn(-c3ccccc3Cl)c2n1. The van der Waals surface area contributed by atoms with E-state index in [9.17, 15) is 4.79 Å². The van der Waals surface area contributed by atoms with Crippen LogP contribution < -0.4 is 4.90 Å². The molecule has 1 aliphatic heterocycles. The molecule has 0 unspecified atom stereocenters. The number of thiophene rings is 1. The Bertz CT molecular complexity index is 1280. The second kappa shape index (κ2) is 8.52. The first kappa shape index (κ1) is 20.9. The first-order chi connectivity index (χ1) is 15.6. The van der Waals surface area contributed by atoms with E-state index >= 15 is 0 Å². The molecule has 7 nitrogen and oxygen atoms in total. The number of rotatable bonds is 4. The molecule has 1 fully saturated rings. The van der Waals surface area contributed by atoms with Crippen molar-refractivity contribution in [2.75, 3.05) is 31.1 Å². The van der Waals surface area contributed by atoms with Crippen LogP contribution >= 0.6 is 22.9 Å². The van der Waals surface area contributed by atoms with Gasteiger partial charge in [0.05, 0.1) is 26.7 Å². The summed E-state index contributed by atoms with van der Waals surface area (Å²) in [5.74, 6) is 1.74. The van der Waals surface area contributed by atoms with Crippen molar-refractivity contribution < 1.29 is 4.79 Å². The number of hydrogen-bond donors (Lipinski definition) is 0. The number of hydrogen-bond acceptors (Lipinski definition) is 6. The number of fused-ring (bicyclic) bond motifs is 1. The Labute approximate surface area is 195 Å². The first-order valence-corrected chi connectivity index (χ1v) is 11.9. The van der Waals surface area contributed by atoms with Crippen molar-refractivity contribution in [3.05, 3.63) is 63.2 Å². The van der Waals surface area contributed by atoms with E-state index in [4.69, 9.17) is 26.7 Å². The normalized spacial score (nSPS) is 14.3. The van der Waals surface area contributed by atoms with Gasteiger partial charge in [0, 0.05) is 32.6 Å². The number of halogens is 1. The highest BCUT2D eigenvalue weighted by Crippen LogP contribution is 2.31. The topological polar surface area (TPSA) is 67.2 Å². The fourth-order valence-electron chi connectivity index (χ4n) is 4.06. The second-order valence-corrected chi connectivity index (χ2v) is 9.08. The van der Waals surface area contributed by atoms with Crippen LogP contribution in [0.25, 0.3) is 16.7 Å². The van der Waals surface area contributed by atoms with Gasteiger partial charge in [-0.2, -0.15) is 5.10 Å². The summed E-state index contributed by atoms with van der Waals surface area (Å²) >= 11 is 7.95. The van der Waals surface area contributed by atoms with Crippen LogP contribution in [0.4, 0.5) is 5.82 Å². The van der Waals surface area contributed by atoms with Crippen LogP contribution in [0.1, 0.15) is 28.1 Å². The Kier molecular flexibility index (Phi) is 5.57. The maximum Gasteiger partial charge on any atom is 0.264 e. The summed E-state index contributed by atoms with van der Waals surface area (Å²) in [6.45, 7) is 6.76. The molecule has 32 heavy (non-hydrogen) atoms.